The SMILES string of the molecule is Cc1coc2c(C)c3oc(=O)c(CC(=O)N[C@@H](C)Cc4c[nH]c5ccccc45)c(C)c3cc12. The number of nitrogens with one attached hydrogen (secondary N) is 2. The highest BCUT2D eigenvalue weighted by atomic mass is 16.4. The van der Waals surface area contributed by atoms with Crippen molar-refractivity contribution in [3.05, 3.63) is 81.0 Å². The van der Waals surface area contributed by atoms with Gasteiger partial charge in [-0.2, -0.15) is 0 Å². The zero-order valence-corrected chi connectivity index (χ0v) is 19.2. The fraction of sp³-hybridized carbons (Fsp3) is 0.259. The molecule has 5 rings (SSSR count). The first-order chi connectivity index (χ1) is 15.8. The van der Waals surface area contributed by atoms with Gasteiger partial charge in [0.25, 0.3) is 0 Å². The van der Waals surface area contributed by atoms with Crippen molar-refractivity contribution in [3.63, 3.8) is 0 Å². The average molecular weight is 443 g/mol. The topological polar surface area (TPSA) is 88.2 Å². The smallest absolute Gasteiger partial charge is 0.340 e. The molecule has 0 fully saturated rings. The van der Waals surface area contributed by atoms with Crippen molar-refractivity contribution < 1.29 is 13.6 Å². The molecule has 2 aromatic carbocycles. The van der Waals surface area contributed by atoms with Crippen molar-refractivity contribution in [1.29, 1.82) is 0 Å². The molecule has 0 unspecified atom stereocenters. The highest BCUT2D eigenvalue weighted by molar-refractivity contribution is 6.00. The third-order valence-corrected chi connectivity index (χ3v) is 6.48. The van der Waals surface area contributed by atoms with E-state index in [1.165, 1.54) is 0 Å². The Bertz CT molecular complexity index is 1590. The second-order valence-corrected chi connectivity index (χ2v) is 8.88. The van der Waals surface area contributed by atoms with Crippen molar-refractivity contribution >= 4 is 38.7 Å². The minimum absolute atomic E-state index is 0.0240. The maximum Gasteiger partial charge on any atom is 0.340 e. The molecule has 0 spiro atoms. The first-order valence-corrected chi connectivity index (χ1v) is 11.1. The number of aromatic nitrogens is 1. The summed E-state index contributed by atoms with van der Waals surface area (Å²) in [5.41, 5.74) is 5.94. The number of aryl methyl sites for hydroxylation is 3. The molecule has 168 valence electrons. The van der Waals surface area contributed by atoms with Crippen LogP contribution < -0.4 is 10.9 Å². The summed E-state index contributed by atoms with van der Waals surface area (Å²) in [7, 11) is 0. The summed E-state index contributed by atoms with van der Waals surface area (Å²) in [5.74, 6) is -0.200. The molecule has 0 aliphatic rings. The molecule has 0 saturated heterocycles. The quantitative estimate of drug-likeness (QED) is 0.365. The van der Waals surface area contributed by atoms with Gasteiger partial charge in [-0.3, -0.25) is 4.79 Å². The van der Waals surface area contributed by atoms with Crippen LogP contribution in [0.2, 0.25) is 0 Å². The number of furan rings is 1. The number of hydrogen-bond donors (Lipinski definition) is 2. The number of carbonyl (C=O) groups is 1. The fourth-order valence-electron chi connectivity index (χ4n) is 4.69. The van der Waals surface area contributed by atoms with Crippen LogP contribution in [-0.2, 0) is 17.6 Å². The molecule has 0 radical (unpaired) electrons. The number of benzene rings is 2. The van der Waals surface area contributed by atoms with Gasteiger partial charge < -0.3 is 19.1 Å². The molecule has 3 aromatic heterocycles. The molecule has 0 aliphatic carbocycles. The lowest BCUT2D eigenvalue weighted by atomic mass is 9.99. The van der Waals surface area contributed by atoms with Crippen molar-refractivity contribution in [2.24, 2.45) is 0 Å². The Morgan fingerprint density at radius 3 is 2.67 bits per heavy atom. The molecule has 33 heavy (non-hydrogen) atoms. The van der Waals surface area contributed by atoms with Crippen LogP contribution >= 0.6 is 0 Å². The summed E-state index contributed by atoms with van der Waals surface area (Å²) in [6.07, 6.45) is 4.35. The van der Waals surface area contributed by atoms with E-state index in [1.807, 2.05) is 58.2 Å². The lowest BCUT2D eigenvalue weighted by Crippen LogP contribution is -2.36. The molecule has 1 atom stereocenters. The van der Waals surface area contributed by atoms with E-state index in [-0.39, 0.29) is 18.4 Å². The number of para-hydroxylation sites is 1. The molecule has 0 saturated carbocycles. The monoisotopic (exact) mass is 442 g/mol. The van der Waals surface area contributed by atoms with Gasteiger partial charge >= 0.3 is 5.63 Å². The summed E-state index contributed by atoms with van der Waals surface area (Å²) in [6, 6.07) is 10.00. The number of carbonyl (C=O) groups excluding carboxylic acids is 1. The third-order valence-electron chi connectivity index (χ3n) is 6.48. The molecule has 1 amide bonds. The van der Waals surface area contributed by atoms with Gasteiger partial charge in [0.1, 0.15) is 11.2 Å². The summed E-state index contributed by atoms with van der Waals surface area (Å²) in [5, 5.41) is 6.00. The fourth-order valence-corrected chi connectivity index (χ4v) is 4.69. The van der Waals surface area contributed by atoms with Crippen LogP contribution in [-0.4, -0.2) is 16.9 Å². The molecular formula is C27H26N2O4. The predicted molar refractivity (Wildman–Crippen MR) is 130 cm³/mol. The lowest BCUT2D eigenvalue weighted by molar-refractivity contribution is -0.121. The summed E-state index contributed by atoms with van der Waals surface area (Å²) >= 11 is 0. The second-order valence-electron chi connectivity index (χ2n) is 8.88. The molecule has 2 N–H and O–H groups in total. The number of hydrogen-bond acceptors (Lipinski definition) is 4. The van der Waals surface area contributed by atoms with E-state index >= 15 is 0 Å². The van der Waals surface area contributed by atoms with E-state index in [2.05, 4.69) is 16.4 Å². The molecule has 6 heteroatoms. The number of fused-ring (bicyclic) bond motifs is 3. The summed E-state index contributed by atoms with van der Waals surface area (Å²) in [4.78, 5) is 28.9. The number of H-pyrrole nitrogens is 1. The molecule has 5 aromatic rings. The zero-order chi connectivity index (χ0) is 23.3. The van der Waals surface area contributed by atoms with Gasteiger partial charge in [0.2, 0.25) is 5.91 Å². The first kappa shape index (κ1) is 21.1. The van der Waals surface area contributed by atoms with E-state index in [9.17, 15) is 9.59 Å². The van der Waals surface area contributed by atoms with Crippen molar-refractivity contribution in [1.82, 2.24) is 10.3 Å². The Labute approximate surface area is 190 Å². The minimum Gasteiger partial charge on any atom is -0.464 e. The number of aromatic amines is 1. The normalized spacial score (nSPS) is 12.6. The maximum atomic E-state index is 12.8. The van der Waals surface area contributed by atoms with Crippen LogP contribution in [0.5, 0.6) is 0 Å². The van der Waals surface area contributed by atoms with E-state index in [1.54, 1.807) is 6.26 Å². The number of rotatable bonds is 5. The van der Waals surface area contributed by atoms with Gasteiger partial charge in [-0.15, -0.1) is 0 Å². The van der Waals surface area contributed by atoms with E-state index < -0.39 is 5.63 Å². The number of amides is 1. The Morgan fingerprint density at radius 1 is 1.06 bits per heavy atom. The summed E-state index contributed by atoms with van der Waals surface area (Å²) in [6.45, 7) is 7.71. The molecule has 6 nitrogen and oxygen atoms in total. The van der Waals surface area contributed by atoms with Crippen LogP contribution in [0.15, 0.2) is 56.4 Å². The van der Waals surface area contributed by atoms with Gasteiger partial charge in [-0.05, 0) is 62.9 Å². The Kier molecular flexibility index (Phi) is 5.08. The van der Waals surface area contributed by atoms with E-state index in [0.29, 0.717) is 17.6 Å². The largest absolute Gasteiger partial charge is 0.464 e. The standard InChI is InChI=1S/C27H26N2O4/c1-14-13-32-25-17(4)26-21(10-20(14)25)16(3)22(27(31)33-26)11-24(30)29-15(2)9-18-12-28-23-8-6-5-7-19(18)23/h5-8,10,12-13,15,28H,9,11H2,1-4H3,(H,29,30)/t15-/m0/s1. The highest BCUT2D eigenvalue weighted by Gasteiger charge is 2.20. The van der Waals surface area contributed by atoms with Gasteiger partial charge in [-0.1, -0.05) is 18.2 Å². The van der Waals surface area contributed by atoms with Crippen molar-refractivity contribution in [2.75, 3.05) is 0 Å². The molecule has 0 bridgehead atoms. The van der Waals surface area contributed by atoms with Crippen LogP contribution in [0, 0.1) is 20.8 Å². The molecule has 0 aliphatic heterocycles. The van der Waals surface area contributed by atoms with Gasteiger partial charge in [0, 0.05) is 39.5 Å². The van der Waals surface area contributed by atoms with Crippen LogP contribution in [0.3, 0.4) is 0 Å². The highest BCUT2D eigenvalue weighted by Crippen LogP contribution is 2.32. The van der Waals surface area contributed by atoms with Gasteiger partial charge in [-0.25, -0.2) is 4.79 Å². The van der Waals surface area contributed by atoms with Gasteiger partial charge in [0.05, 0.1) is 18.2 Å². The molecule has 3 heterocycles. The molecular weight excluding hydrogens is 416 g/mol. The predicted octanol–water partition coefficient (Wildman–Crippen LogP) is 5.24. The lowest BCUT2D eigenvalue weighted by Gasteiger charge is -2.15. The Morgan fingerprint density at radius 2 is 1.85 bits per heavy atom. The van der Waals surface area contributed by atoms with Crippen LogP contribution in [0.25, 0.3) is 32.8 Å². The Balaban J connectivity index is 1.40. The van der Waals surface area contributed by atoms with Crippen molar-refractivity contribution in [2.45, 2.75) is 46.6 Å². The first-order valence-electron chi connectivity index (χ1n) is 11.1. The average Bonchev–Trinajstić information content (AvgIpc) is 3.36. The van der Waals surface area contributed by atoms with E-state index in [0.717, 1.165) is 49.5 Å². The maximum absolute atomic E-state index is 12.8. The van der Waals surface area contributed by atoms with E-state index in [4.69, 9.17) is 8.83 Å². The summed E-state index contributed by atoms with van der Waals surface area (Å²) < 4.78 is 11.3. The minimum atomic E-state index is -0.481. The van der Waals surface area contributed by atoms with Crippen LogP contribution in [0.1, 0.15) is 34.7 Å². The van der Waals surface area contributed by atoms with Gasteiger partial charge in [0.15, 0.2) is 0 Å². The zero-order valence-electron chi connectivity index (χ0n) is 19.2. The third kappa shape index (κ3) is 3.61. The van der Waals surface area contributed by atoms with Crippen LogP contribution in [0.4, 0.5) is 0 Å². The van der Waals surface area contributed by atoms with Crippen molar-refractivity contribution in [3.8, 4) is 0 Å². The Hall–Kier alpha value is -3.80. The second kappa shape index (κ2) is 7.96.